The molecule has 80 valence electrons. The van der Waals surface area contributed by atoms with E-state index in [1.165, 1.54) is 0 Å². The number of nitrogens with zero attached hydrogens (tertiary/aromatic N) is 1. The fourth-order valence-electron chi connectivity index (χ4n) is 1.19. The first-order valence-electron chi connectivity index (χ1n) is 4.83. The number of urea groups is 1. The van der Waals surface area contributed by atoms with Crippen molar-refractivity contribution in [1.29, 1.82) is 0 Å². The Morgan fingerprint density at radius 1 is 1.50 bits per heavy atom. The van der Waals surface area contributed by atoms with Crippen molar-refractivity contribution in [1.82, 2.24) is 10.2 Å². The molecule has 5 nitrogen and oxygen atoms in total. The van der Waals surface area contributed by atoms with E-state index < -0.39 is 5.97 Å². The lowest BCUT2D eigenvalue weighted by molar-refractivity contribution is -0.137. The number of hydrogen-bond donors (Lipinski definition) is 2. The molecule has 0 aromatic heterocycles. The molecule has 1 aliphatic carbocycles. The van der Waals surface area contributed by atoms with Crippen LogP contribution in [0.1, 0.15) is 25.7 Å². The molecule has 0 aliphatic heterocycles. The van der Waals surface area contributed by atoms with E-state index in [-0.39, 0.29) is 12.5 Å². The van der Waals surface area contributed by atoms with Crippen molar-refractivity contribution in [3.05, 3.63) is 0 Å². The molecule has 1 rings (SSSR count). The van der Waals surface area contributed by atoms with Crippen molar-refractivity contribution < 1.29 is 14.7 Å². The number of carbonyl (C=O) groups is 2. The molecule has 0 radical (unpaired) electrons. The molecular weight excluding hydrogens is 184 g/mol. The van der Waals surface area contributed by atoms with E-state index in [0.717, 1.165) is 12.8 Å². The quantitative estimate of drug-likeness (QED) is 0.640. The zero-order valence-corrected chi connectivity index (χ0v) is 8.32. The third-order valence-corrected chi connectivity index (χ3v) is 2.26. The standard InChI is InChI=1S/C9H16N2O3/c1-11(7-4-5-7)9(14)10-6-2-3-8(12)13/h7H,2-6H2,1H3,(H,10,14)(H,12,13). The first-order valence-corrected chi connectivity index (χ1v) is 4.83. The van der Waals surface area contributed by atoms with Gasteiger partial charge in [0.15, 0.2) is 0 Å². The molecule has 1 fully saturated rings. The second kappa shape index (κ2) is 4.83. The molecule has 2 amide bonds. The lowest BCUT2D eigenvalue weighted by Crippen LogP contribution is -2.39. The van der Waals surface area contributed by atoms with Crippen LogP contribution in [0.5, 0.6) is 0 Å². The van der Waals surface area contributed by atoms with Gasteiger partial charge in [0.05, 0.1) is 0 Å². The van der Waals surface area contributed by atoms with Crippen molar-refractivity contribution in [2.24, 2.45) is 0 Å². The van der Waals surface area contributed by atoms with E-state index in [2.05, 4.69) is 5.32 Å². The predicted molar refractivity (Wildman–Crippen MR) is 51.1 cm³/mol. The summed E-state index contributed by atoms with van der Waals surface area (Å²) in [6.07, 6.45) is 2.76. The molecule has 0 aromatic rings. The van der Waals surface area contributed by atoms with Gasteiger partial charge < -0.3 is 15.3 Å². The van der Waals surface area contributed by atoms with Crippen LogP contribution in [0.15, 0.2) is 0 Å². The molecule has 0 unspecified atom stereocenters. The van der Waals surface area contributed by atoms with E-state index in [0.29, 0.717) is 19.0 Å². The van der Waals surface area contributed by atoms with Gasteiger partial charge in [0, 0.05) is 26.1 Å². The van der Waals surface area contributed by atoms with Gasteiger partial charge in [-0.1, -0.05) is 0 Å². The van der Waals surface area contributed by atoms with Crippen LogP contribution in [0.3, 0.4) is 0 Å². The summed E-state index contributed by atoms with van der Waals surface area (Å²) >= 11 is 0. The number of amides is 2. The second-order valence-electron chi connectivity index (χ2n) is 3.57. The highest BCUT2D eigenvalue weighted by molar-refractivity contribution is 5.74. The molecule has 1 saturated carbocycles. The van der Waals surface area contributed by atoms with Crippen LogP contribution in [0.25, 0.3) is 0 Å². The van der Waals surface area contributed by atoms with Crippen molar-refractivity contribution >= 4 is 12.0 Å². The molecular formula is C9H16N2O3. The van der Waals surface area contributed by atoms with Gasteiger partial charge >= 0.3 is 12.0 Å². The van der Waals surface area contributed by atoms with Crippen LogP contribution >= 0.6 is 0 Å². The first-order chi connectivity index (χ1) is 6.61. The molecule has 1 aliphatic rings. The van der Waals surface area contributed by atoms with Crippen molar-refractivity contribution in [3.63, 3.8) is 0 Å². The highest BCUT2D eigenvalue weighted by atomic mass is 16.4. The van der Waals surface area contributed by atoms with Gasteiger partial charge in [-0.2, -0.15) is 0 Å². The third-order valence-electron chi connectivity index (χ3n) is 2.26. The predicted octanol–water partition coefficient (Wildman–Crippen LogP) is 0.655. The Morgan fingerprint density at radius 2 is 2.14 bits per heavy atom. The summed E-state index contributed by atoms with van der Waals surface area (Å²) in [5.41, 5.74) is 0. The molecule has 0 bridgehead atoms. The van der Waals surface area contributed by atoms with Crippen molar-refractivity contribution in [3.8, 4) is 0 Å². The molecule has 0 saturated heterocycles. The minimum atomic E-state index is -0.824. The molecule has 0 heterocycles. The van der Waals surface area contributed by atoms with E-state index in [9.17, 15) is 9.59 Å². The molecule has 2 N–H and O–H groups in total. The fraction of sp³-hybridized carbons (Fsp3) is 0.778. The summed E-state index contributed by atoms with van der Waals surface area (Å²) in [5, 5.41) is 11.0. The zero-order chi connectivity index (χ0) is 10.6. The van der Waals surface area contributed by atoms with Crippen LogP contribution < -0.4 is 5.32 Å². The fourth-order valence-corrected chi connectivity index (χ4v) is 1.19. The smallest absolute Gasteiger partial charge is 0.317 e. The Bertz CT molecular complexity index is 226. The van der Waals surface area contributed by atoms with Gasteiger partial charge in [0.1, 0.15) is 0 Å². The Balaban J connectivity index is 2.05. The highest BCUT2D eigenvalue weighted by Crippen LogP contribution is 2.24. The van der Waals surface area contributed by atoms with E-state index in [1.807, 2.05) is 0 Å². The maximum Gasteiger partial charge on any atom is 0.317 e. The summed E-state index contributed by atoms with van der Waals surface area (Å²) in [7, 11) is 1.77. The monoisotopic (exact) mass is 200 g/mol. The Morgan fingerprint density at radius 3 is 2.64 bits per heavy atom. The first kappa shape index (κ1) is 10.8. The normalized spacial score (nSPS) is 14.9. The average Bonchev–Trinajstić information content (AvgIpc) is 2.93. The van der Waals surface area contributed by atoms with E-state index >= 15 is 0 Å². The summed E-state index contributed by atoms with van der Waals surface area (Å²) in [4.78, 5) is 23.2. The number of nitrogens with one attached hydrogen (secondary N) is 1. The Hall–Kier alpha value is -1.26. The summed E-state index contributed by atoms with van der Waals surface area (Å²) in [6.45, 7) is 0.433. The number of carbonyl (C=O) groups excluding carboxylic acids is 1. The van der Waals surface area contributed by atoms with Crippen LogP contribution in [0, 0.1) is 0 Å². The second-order valence-corrected chi connectivity index (χ2v) is 3.57. The number of hydrogen-bond acceptors (Lipinski definition) is 2. The number of carboxylic acids is 1. The summed E-state index contributed by atoms with van der Waals surface area (Å²) < 4.78 is 0. The number of aliphatic carboxylic acids is 1. The maximum absolute atomic E-state index is 11.3. The molecule has 0 spiro atoms. The van der Waals surface area contributed by atoms with Gasteiger partial charge in [-0.15, -0.1) is 0 Å². The zero-order valence-electron chi connectivity index (χ0n) is 8.32. The van der Waals surface area contributed by atoms with Crippen LogP contribution in [-0.4, -0.2) is 41.6 Å². The molecule has 0 atom stereocenters. The maximum atomic E-state index is 11.3. The largest absolute Gasteiger partial charge is 0.481 e. The van der Waals surface area contributed by atoms with E-state index in [1.54, 1.807) is 11.9 Å². The van der Waals surface area contributed by atoms with Crippen LogP contribution in [0.2, 0.25) is 0 Å². The minimum absolute atomic E-state index is 0.0992. The lowest BCUT2D eigenvalue weighted by Gasteiger charge is -2.16. The number of carboxylic acid groups (broad SMARTS) is 1. The molecule has 0 aromatic carbocycles. The Kier molecular flexibility index (Phi) is 3.73. The average molecular weight is 200 g/mol. The van der Waals surface area contributed by atoms with Crippen molar-refractivity contribution in [2.45, 2.75) is 31.7 Å². The van der Waals surface area contributed by atoms with Gasteiger partial charge in [-0.25, -0.2) is 4.79 Å². The summed E-state index contributed by atoms with van der Waals surface area (Å²) in [5.74, 6) is -0.824. The summed E-state index contributed by atoms with van der Waals surface area (Å²) in [6, 6.07) is 0.298. The van der Waals surface area contributed by atoms with Gasteiger partial charge in [-0.05, 0) is 19.3 Å². The SMILES string of the molecule is CN(C(=O)NCCCC(=O)O)C1CC1. The number of rotatable bonds is 5. The van der Waals surface area contributed by atoms with Crippen LogP contribution in [0.4, 0.5) is 4.79 Å². The van der Waals surface area contributed by atoms with Gasteiger partial charge in [0.25, 0.3) is 0 Å². The highest BCUT2D eigenvalue weighted by Gasteiger charge is 2.29. The molecule has 5 heteroatoms. The lowest BCUT2D eigenvalue weighted by atomic mass is 10.3. The Labute approximate surface area is 83.1 Å². The van der Waals surface area contributed by atoms with Crippen molar-refractivity contribution in [2.75, 3.05) is 13.6 Å². The molecule has 14 heavy (non-hydrogen) atoms. The van der Waals surface area contributed by atoms with Gasteiger partial charge in [0.2, 0.25) is 0 Å². The van der Waals surface area contributed by atoms with Gasteiger partial charge in [-0.3, -0.25) is 4.79 Å². The third kappa shape index (κ3) is 3.64. The van der Waals surface area contributed by atoms with E-state index in [4.69, 9.17) is 5.11 Å². The minimum Gasteiger partial charge on any atom is -0.481 e. The topological polar surface area (TPSA) is 69.6 Å². The van der Waals surface area contributed by atoms with Crippen LogP contribution in [-0.2, 0) is 4.79 Å².